The van der Waals surface area contributed by atoms with Gasteiger partial charge in [-0.1, -0.05) is 12.1 Å². The first-order chi connectivity index (χ1) is 13.5. The van der Waals surface area contributed by atoms with E-state index in [2.05, 4.69) is 20.3 Å². The summed E-state index contributed by atoms with van der Waals surface area (Å²) in [5.74, 6) is -0.254. The van der Waals surface area contributed by atoms with Crippen LogP contribution in [-0.2, 0) is 6.18 Å². The minimum atomic E-state index is -4.81. The van der Waals surface area contributed by atoms with Crippen molar-refractivity contribution in [2.24, 2.45) is 0 Å². The van der Waals surface area contributed by atoms with Gasteiger partial charge in [-0.15, -0.1) is 18.3 Å². The third-order valence-corrected chi connectivity index (χ3v) is 3.77. The Balaban J connectivity index is 1.92. The Morgan fingerprint density at radius 3 is 2.17 bits per heavy atom. The summed E-state index contributed by atoms with van der Waals surface area (Å²) < 4.78 is 79.6. The largest absolute Gasteiger partial charge is 0.573 e. The molecule has 3 aromatic rings. The number of benzene rings is 2. The average molecular weight is 413 g/mol. The summed E-state index contributed by atoms with van der Waals surface area (Å²) in [6.07, 6.45) is -9.32. The van der Waals surface area contributed by atoms with Gasteiger partial charge in [0.05, 0.1) is 11.3 Å². The van der Waals surface area contributed by atoms with E-state index in [9.17, 15) is 26.3 Å². The third-order valence-electron chi connectivity index (χ3n) is 3.77. The van der Waals surface area contributed by atoms with Crippen molar-refractivity contribution in [3.63, 3.8) is 0 Å². The highest BCUT2D eigenvalue weighted by atomic mass is 19.4. The third kappa shape index (κ3) is 5.37. The highest BCUT2D eigenvalue weighted by molar-refractivity contribution is 5.78. The number of rotatable bonds is 4. The fraction of sp³-hybridized carbons (Fsp3) is 0.158. The first-order valence-corrected chi connectivity index (χ1v) is 8.16. The summed E-state index contributed by atoms with van der Waals surface area (Å²) in [7, 11) is 0. The van der Waals surface area contributed by atoms with Crippen molar-refractivity contribution in [3.8, 4) is 16.9 Å². The molecule has 0 unspecified atom stereocenters. The van der Waals surface area contributed by atoms with Crippen LogP contribution in [0.3, 0.4) is 0 Å². The van der Waals surface area contributed by atoms with Crippen LogP contribution in [0.25, 0.3) is 11.1 Å². The molecule has 1 heterocycles. The standard InChI is InChI=1S/C19H13F6N3O/c1-11-9-16(12-3-2-4-13(10-12)18(20,21)22)17(28-27-11)26-14-5-7-15(8-6-14)29-19(23,24)25/h2-10H,1H3,(H,26,28). The summed E-state index contributed by atoms with van der Waals surface area (Å²) in [5, 5.41) is 10.7. The zero-order valence-corrected chi connectivity index (χ0v) is 14.8. The van der Waals surface area contributed by atoms with Gasteiger partial charge in [0.25, 0.3) is 0 Å². The van der Waals surface area contributed by atoms with Crippen LogP contribution >= 0.6 is 0 Å². The first-order valence-electron chi connectivity index (χ1n) is 8.16. The molecule has 0 saturated heterocycles. The van der Waals surface area contributed by atoms with Crippen LogP contribution in [0.15, 0.2) is 54.6 Å². The molecule has 10 heteroatoms. The van der Waals surface area contributed by atoms with E-state index in [0.717, 1.165) is 24.3 Å². The summed E-state index contributed by atoms with van der Waals surface area (Å²) in [5.41, 5.74) is 0.642. The van der Waals surface area contributed by atoms with Crippen molar-refractivity contribution in [3.05, 3.63) is 65.9 Å². The first kappa shape index (κ1) is 20.4. The number of aryl methyl sites for hydroxylation is 1. The molecular weight excluding hydrogens is 400 g/mol. The second kappa shape index (κ2) is 7.61. The Kier molecular flexibility index (Phi) is 5.36. The lowest BCUT2D eigenvalue weighted by Crippen LogP contribution is -2.17. The van der Waals surface area contributed by atoms with E-state index < -0.39 is 23.9 Å². The second-order valence-corrected chi connectivity index (χ2v) is 6.02. The summed E-state index contributed by atoms with van der Waals surface area (Å²) in [6.45, 7) is 1.64. The summed E-state index contributed by atoms with van der Waals surface area (Å²) in [4.78, 5) is 0. The van der Waals surface area contributed by atoms with Gasteiger partial charge in [-0.05, 0) is 55.0 Å². The number of ether oxygens (including phenoxy) is 1. The SMILES string of the molecule is Cc1cc(-c2cccc(C(F)(F)F)c2)c(Nc2ccc(OC(F)(F)F)cc2)nn1. The topological polar surface area (TPSA) is 47.0 Å². The molecule has 0 radical (unpaired) electrons. The fourth-order valence-corrected chi connectivity index (χ4v) is 2.54. The minimum Gasteiger partial charge on any atom is -0.406 e. The van der Waals surface area contributed by atoms with Crippen LogP contribution in [0.2, 0.25) is 0 Å². The van der Waals surface area contributed by atoms with Crippen LogP contribution in [0, 0.1) is 6.92 Å². The molecule has 0 aliphatic carbocycles. The van der Waals surface area contributed by atoms with Gasteiger partial charge < -0.3 is 10.1 Å². The second-order valence-electron chi connectivity index (χ2n) is 6.02. The normalized spacial score (nSPS) is 12.0. The molecule has 0 aliphatic heterocycles. The molecule has 1 aromatic heterocycles. The van der Waals surface area contributed by atoms with Gasteiger partial charge in [0.15, 0.2) is 5.82 Å². The predicted octanol–water partition coefficient (Wildman–Crippen LogP) is 6.11. The van der Waals surface area contributed by atoms with E-state index >= 15 is 0 Å². The van der Waals surface area contributed by atoms with Crippen molar-refractivity contribution in [2.45, 2.75) is 19.5 Å². The van der Waals surface area contributed by atoms with E-state index in [4.69, 9.17) is 0 Å². The van der Waals surface area contributed by atoms with E-state index in [1.807, 2.05) is 0 Å². The van der Waals surface area contributed by atoms with Crippen molar-refractivity contribution >= 4 is 11.5 Å². The monoisotopic (exact) mass is 413 g/mol. The fourth-order valence-electron chi connectivity index (χ4n) is 2.54. The summed E-state index contributed by atoms with van der Waals surface area (Å²) in [6, 6.07) is 11.1. The van der Waals surface area contributed by atoms with Crippen LogP contribution in [-0.4, -0.2) is 16.6 Å². The zero-order valence-electron chi connectivity index (χ0n) is 14.8. The molecule has 4 nitrogen and oxygen atoms in total. The molecule has 1 N–H and O–H groups in total. The highest BCUT2D eigenvalue weighted by Crippen LogP contribution is 2.35. The Labute approximate surface area is 161 Å². The number of anilines is 2. The van der Waals surface area contributed by atoms with Crippen LogP contribution in [0.4, 0.5) is 37.8 Å². The van der Waals surface area contributed by atoms with Gasteiger partial charge in [0, 0.05) is 11.3 Å². The molecular formula is C19H13F6N3O. The lowest BCUT2D eigenvalue weighted by molar-refractivity contribution is -0.274. The molecule has 2 aromatic carbocycles. The van der Waals surface area contributed by atoms with Crippen LogP contribution < -0.4 is 10.1 Å². The van der Waals surface area contributed by atoms with E-state index in [1.54, 1.807) is 13.0 Å². The lowest BCUT2D eigenvalue weighted by atomic mass is 10.0. The van der Waals surface area contributed by atoms with Crippen molar-refractivity contribution < 1.29 is 31.1 Å². The molecule has 0 saturated carbocycles. The zero-order chi connectivity index (χ0) is 21.2. The predicted molar refractivity (Wildman–Crippen MR) is 93.6 cm³/mol. The van der Waals surface area contributed by atoms with Gasteiger partial charge in [0.2, 0.25) is 0 Å². The van der Waals surface area contributed by atoms with Gasteiger partial charge in [-0.2, -0.15) is 18.3 Å². The molecule has 0 aliphatic rings. The lowest BCUT2D eigenvalue weighted by Gasteiger charge is -2.14. The van der Waals surface area contributed by atoms with Crippen molar-refractivity contribution in [1.29, 1.82) is 0 Å². The molecule has 0 fully saturated rings. The van der Waals surface area contributed by atoms with E-state index in [-0.39, 0.29) is 11.4 Å². The van der Waals surface area contributed by atoms with E-state index in [0.29, 0.717) is 16.9 Å². The number of halogens is 6. The molecule has 0 spiro atoms. The number of alkyl halides is 6. The van der Waals surface area contributed by atoms with Crippen LogP contribution in [0.1, 0.15) is 11.3 Å². The average Bonchev–Trinajstić information content (AvgIpc) is 2.63. The van der Waals surface area contributed by atoms with Gasteiger partial charge >= 0.3 is 12.5 Å². The Hall–Kier alpha value is -3.30. The molecule has 0 atom stereocenters. The smallest absolute Gasteiger partial charge is 0.406 e. The van der Waals surface area contributed by atoms with Crippen molar-refractivity contribution in [2.75, 3.05) is 5.32 Å². The Morgan fingerprint density at radius 1 is 0.862 bits per heavy atom. The molecule has 0 bridgehead atoms. The highest BCUT2D eigenvalue weighted by Gasteiger charge is 2.31. The molecule has 3 rings (SSSR count). The molecule has 152 valence electrons. The van der Waals surface area contributed by atoms with Crippen molar-refractivity contribution in [1.82, 2.24) is 10.2 Å². The maximum Gasteiger partial charge on any atom is 0.573 e. The number of aromatic nitrogens is 2. The maximum atomic E-state index is 13.0. The quantitative estimate of drug-likeness (QED) is 0.524. The van der Waals surface area contributed by atoms with Gasteiger partial charge in [-0.3, -0.25) is 0 Å². The minimum absolute atomic E-state index is 0.152. The summed E-state index contributed by atoms with van der Waals surface area (Å²) >= 11 is 0. The molecule has 29 heavy (non-hydrogen) atoms. The van der Waals surface area contributed by atoms with Gasteiger partial charge in [-0.25, -0.2) is 0 Å². The van der Waals surface area contributed by atoms with E-state index in [1.165, 1.54) is 24.3 Å². The maximum absolute atomic E-state index is 13.0. The van der Waals surface area contributed by atoms with Crippen LogP contribution in [0.5, 0.6) is 5.75 Å². The Bertz CT molecular complexity index is 1000. The number of nitrogens with one attached hydrogen (secondary N) is 1. The molecule has 0 amide bonds. The number of hydrogen-bond donors (Lipinski definition) is 1. The Morgan fingerprint density at radius 2 is 1.55 bits per heavy atom. The number of hydrogen-bond acceptors (Lipinski definition) is 4. The van der Waals surface area contributed by atoms with Gasteiger partial charge in [0.1, 0.15) is 5.75 Å². The number of nitrogens with zero attached hydrogens (tertiary/aromatic N) is 2.